The molecule has 0 unspecified atom stereocenters. The summed E-state index contributed by atoms with van der Waals surface area (Å²) >= 11 is 6.07. The van der Waals surface area contributed by atoms with E-state index < -0.39 is 6.10 Å². The molecule has 3 rings (SSSR count). The maximum Gasteiger partial charge on any atom is 0.119 e. The van der Waals surface area contributed by atoms with E-state index in [1.165, 1.54) is 0 Å². The fraction of sp³-hybridized carbons (Fsp3) is 0.400. The Morgan fingerprint density at radius 3 is 2.38 bits per heavy atom. The van der Waals surface area contributed by atoms with Gasteiger partial charge in [0.05, 0.1) is 7.11 Å². The van der Waals surface area contributed by atoms with Crippen molar-refractivity contribution in [3.63, 3.8) is 0 Å². The average molecular weight is 377 g/mol. The van der Waals surface area contributed by atoms with E-state index in [4.69, 9.17) is 21.1 Å². The molecular formula is C20H25ClN2O3. The van der Waals surface area contributed by atoms with Gasteiger partial charge in [-0.3, -0.25) is 4.90 Å². The average Bonchev–Trinajstić information content (AvgIpc) is 2.67. The minimum atomic E-state index is -0.519. The predicted octanol–water partition coefficient (Wildman–Crippen LogP) is 2.91. The van der Waals surface area contributed by atoms with Crippen LogP contribution in [0.5, 0.6) is 11.5 Å². The number of aliphatic hydroxyl groups is 1. The van der Waals surface area contributed by atoms with Crippen molar-refractivity contribution in [3.05, 3.63) is 53.6 Å². The number of hydrogen-bond donors (Lipinski definition) is 1. The SMILES string of the molecule is COc1ccc(OC[C@H](O)CN2CCN(c3cccc(Cl)c3)CC2)cc1. The topological polar surface area (TPSA) is 45.2 Å². The van der Waals surface area contributed by atoms with Crippen LogP contribution in [0.1, 0.15) is 0 Å². The number of aliphatic hydroxyl groups excluding tert-OH is 1. The van der Waals surface area contributed by atoms with Crippen molar-refractivity contribution in [3.8, 4) is 11.5 Å². The van der Waals surface area contributed by atoms with Crippen LogP contribution < -0.4 is 14.4 Å². The Hall–Kier alpha value is -1.95. The number of methoxy groups -OCH3 is 1. The largest absolute Gasteiger partial charge is 0.497 e. The number of ether oxygens (including phenoxy) is 2. The highest BCUT2D eigenvalue weighted by Gasteiger charge is 2.20. The maximum atomic E-state index is 10.3. The molecular weight excluding hydrogens is 352 g/mol. The monoisotopic (exact) mass is 376 g/mol. The van der Waals surface area contributed by atoms with Crippen LogP contribution in [0.15, 0.2) is 48.5 Å². The molecule has 1 aliphatic rings. The summed E-state index contributed by atoms with van der Waals surface area (Å²) in [5, 5.41) is 11.0. The van der Waals surface area contributed by atoms with Crippen LogP contribution >= 0.6 is 11.6 Å². The molecule has 0 aromatic heterocycles. The zero-order valence-electron chi connectivity index (χ0n) is 15.0. The van der Waals surface area contributed by atoms with E-state index >= 15 is 0 Å². The molecule has 1 N–H and O–H groups in total. The molecule has 0 radical (unpaired) electrons. The first-order chi connectivity index (χ1) is 12.6. The van der Waals surface area contributed by atoms with Gasteiger partial charge in [-0.2, -0.15) is 0 Å². The lowest BCUT2D eigenvalue weighted by molar-refractivity contribution is 0.0663. The van der Waals surface area contributed by atoms with Crippen molar-refractivity contribution >= 4 is 17.3 Å². The molecule has 6 heteroatoms. The van der Waals surface area contributed by atoms with Gasteiger partial charge >= 0.3 is 0 Å². The molecule has 1 aliphatic heterocycles. The van der Waals surface area contributed by atoms with Crippen LogP contribution in [0.25, 0.3) is 0 Å². The quantitative estimate of drug-likeness (QED) is 0.805. The second-order valence-electron chi connectivity index (χ2n) is 6.41. The molecule has 1 atom stereocenters. The Morgan fingerprint density at radius 2 is 1.73 bits per heavy atom. The van der Waals surface area contributed by atoms with Crippen LogP contribution in [0.4, 0.5) is 5.69 Å². The molecule has 0 spiro atoms. The van der Waals surface area contributed by atoms with E-state index in [0.717, 1.165) is 48.4 Å². The number of anilines is 1. The van der Waals surface area contributed by atoms with Crippen LogP contribution in [-0.4, -0.2) is 62.6 Å². The molecule has 5 nitrogen and oxygen atoms in total. The molecule has 26 heavy (non-hydrogen) atoms. The molecule has 0 bridgehead atoms. The van der Waals surface area contributed by atoms with Gasteiger partial charge in [0.1, 0.15) is 24.2 Å². The molecule has 0 saturated carbocycles. The summed E-state index contributed by atoms with van der Waals surface area (Å²) in [5.74, 6) is 1.52. The first kappa shape index (κ1) is 18.8. The van der Waals surface area contributed by atoms with Crippen molar-refractivity contribution in [2.45, 2.75) is 6.10 Å². The highest BCUT2D eigenvalue weighted by atomic mass is 35.5. The first-order valence-corrected chi connectivity index (χ1v) is 9.19. The Bertz CT molecular complexity index is 688. The van der Waals surface area contributed by atoms with Gasteiger partial charge in [0.15, 0.2) is 0 Å². The molecule has 2 aromatic carbocycles. The summed E-state index contributed by atoms with van der Waals surface area (Å²) in [6.45, 7) is 4.55. The van der Waals surface area contributed by atoms with Crippen molar-refractivity contribution in [2.75, 3.05) is 51.3 Å². The molecule has 0 amide bonds. The standard InChI is InChI=1S/C20H25ClN2O3/c1-25-19-5-7-20(8-6-19)26-15-18(24)14-22-9-11-23(12-10-22)17-4-2-3-16(21)13-17/h2-8,13,18,24H,9-12,14-15H2,1H3/t18-/m1/s1. The van der Waals surface area contributed by atoms with Crippen LogP contribution in [0.3, 0.4) is 0 Å². The van der Waals surface area contributed by atoms with Gasteiger partial charge in [-0.25, -0.2) is 0 Å². The molecule has 1 heterocycles. The lowest BCUT2D eigenvalue weighted by Crippen LogP contribution is -2.49. The molecule has 0 aliphatic carbocycles. The number of hydrogen-bond acceptors (Lipinski definition) is 5. The third-order valence-corrected chi connectivity index (χ3v) is 4.75. The fourth-order valence-corrected chi connectivity index (χ4v) is 3.26. The Balaban J connectivity index is 1.40. The van der Waals surface area contributed by atoms with Crippen molar-refractivity contribution in [1.82, 2.24) is 4.90 Å². The van der Waals surface area contributed by atoms with Gasteiger partial charge < -0.3 is 19.5 Å². The number of β-amino-alcohol motifs (C(OH)–C–C–N with tert-alkyl or cyclic N) is 1. The second-order valence-corrected chi connectivity index (χ2v) is 6.84. The summed E-state index contributed by atoms with van der Waals surface area (Å²) in [6.07, 6.45) is -0.519. The Morgan fingerprint density at radius 1 is 1.04 bits per heavy atom. The summed E-state index contributed by atoms with van der Waals surface area (Å²) in [6, 6.07) is 15.3. The minimum absolute atomic E-state index is 0.279. The van der Waals surface area contributed by atoms with Gasteiger partial charge in [-0.05, 0) is 42.5 Å². The highest BCUT2D eigenvalue weighted by Crippen LogP contribution is 2.21. The predicted molar refractivity (Wildman–Crippen MR) is 105 cm³/mol. The minimum Gasteiger partial charge on any atom is -0.497 e. The number of nitrogens with zero attached hydrogens (tertiary/aromatic N) is 2. The van der Waals surface area contributed by atoms with Gasteiger partial charge in [-0.1, -0.05) is 17.7 Å². The van der Waals surface area contributed by atoms with E-state index in [0.29, 0.717) is 6.54 Å². The van der Waals surface area contributed by atoms with Crippen LogP contribution in [0, 0.1) is 0 Å². The summed E-state index contributed by atoms with van der Waals surface area (Å²) in [7, 11) is 1.63. The van der Waals surface area contributed by atoms with Gasteiger partial charge in [0.25, 0.3) is 0 Å². The molecule has 1 fully saturated rings. The number of piperazine rings is 1. The zero-order valence-corrected chi connectivity index (χ0v) is 15.7. The molecule has 2 aromatic rings. The third kappa shape index (κ3) is 5.27. The van der Waals surface area contributed by atoms with E-state index in [1.807, 2.05) is 42.5 Å². The Labute approximate surface area is 159 Å². The summed E-state index contributed by atoms with van der Waals surface area (Å²) in [5.41, 5.74) is 1.15. The van der Waals surface area contributed by atoms with Crippen molar-refractivity contribution in [1.29, 1.82) is 0 Å². The van der Waals surface area contributed by atoms with E-state index in [9.17, 15) is 5.11 Å². The zero-order chi connectivity index (χ0) is 18.4. The van der Waals surface area contributed by atoms with Crippen molar-refractivity contribution < 1.29 is 14.6 Å². The number of rotatable bonds is 7. The van der Waals surface area contributed by atoms with Crippen molar-refractivity contribution in [2.24, 2.45) is 0 Å². The first-order valence-electron chi connectivity index (χ1n) is 8.82. The van der Waals surface area contributed by atoms with Crippen LogP contribution in [-0.2, 0) is 0 Å². The maximum absolute atomic E-state index is 10.3. The smallest absolute Gasteiger partial charge is 0.119 e. The molecule has 1 saturated heterocycles. The van der Waals surface area contributed by atoms with Crippen LogP contribution in [0.2, 0.25) is 5.02 Å². The fourth-order valence-electron chi connectivity index (χ4n) is 3.08. The van der Waals surface area contributed by atoms with Gasteiger partial charge in [0.2, 0.25) is 0 Å². The normalized spacial score (nSPS) is 16.3. The number of benzene rings is 2. The summed E-state index contributed by atoms with van der Waals surface area (Å²) in [4.78, 5) is 4.59. The second kappa shape index (κ2) is 9.12. The van der Waals surface area contributed by atoms with Gasteiger partial charge in [0, 0.05) is 43.4 Å². The Kier molecular flexibility index (Phi) is 6.61. The van der Waals surface area contributed by atoms with E-state index in [-0.39, 0.29) is 6.61 Å². The third-order valence-electron chi connectivity index (χ3n) is 4.52. The number of halogens is 1. The van der Waals surface area contributed by atoms with Gasteiger partial charge in [-0.15, -0.1) is 0 Å². The lowest BCUT2D eigenvalue weighted by Gasteiger charge is -2.36. The highest BCUT2D eigenvalue weighted by molar-refractivity contribution is 6.30. The molecule has 140 valence electrons. The van der Waals surface area contributed by atoms with E-state index in [2.05, 4.69) is 15.9 Å². The lowest BCUT2D eigenvalue weighted by atomic mass is 10.2. The van der Waals surface area contributed by atoms with E-state index in [1.54, 1.807) is 7.11 Å². The summed E-state index contributed by atoms with van der Waals surface area (Å²) < 4.78 is 10.8.